The summed E-state index contributed by atoms with van der Waals surface area (Å²) in [7, 11) is 0. The highest BCUT2D eigenvalue weighted by molar-refractivity contribution is 7.18. The summed E-state index contributed by atoms with van der Waals surface area (Å²) in [6, 6.07) is 9.10. The molecule has 0 saturated heterocycles. The van der Waals surface area contributed by atoms with Crippen molar-refractivity contribution in [2.75, 3.05) is 6.61 Å². The van der Waals surface area contributed by atoms with E-state index < -0.39 is 23.3 Å². The van der Waals surface area contributed by atoms with Gasteiger partial charge in [0.15, 0.2) is 5.52 Å². The van der Waals surface area contributed by atoms with Crippen molar-refractivity contribution >= 4 is 50.2 Å². The molecule has 0 unspecified atom stereocenters. The maximum Gasteiger partial charge on any atom is 0.418 e. The predicted molar refractivity (Wildman–Crippen MR) is 169 cm³/mol. The van der Waals surface area contributed by atoms with Gasteiger partial charge in [0, 0.05) is 45.2 Å². The van der Waals surface area contributed by atoms with Gasteiger partial charge in [-0.1, -0.05) is 11.6 Å². The summed E-state index contributed by atoms with van der Waals surface area (Å²) in [6.07, 6.45) is -1.94. The van der Waals surface area contributed by atoms with E-state index in [1.54, 1.807) is 32.0 Å². The zero-order valence-corrected chi connectivity index (χ0v) is 26.0. The number of carboxylic acids is 1. The standard InChI is InChI=1S/C32H23ClF3N5O4S/c1-15-13-37-7-6-19(15)26-23(32(34,35)36)12-24-28(40-26)30(42)41(17(3)39-24)8-9-45-25-5-4-18(33)11-20(25)21-10-16(2)38-27-22(31(43)44)14-46-29(21)27/h4-7,10-14H,8-9H2,1-3H3,(H,43,44). The molecular weight excluding hydrogens is 643 g/mol. The SMILES string of the molecule is Cc1cc(-c2cc(Cl)ccc2OCCn2c(C)nc3cc(C(F)(F)F)c(-c4ccncc4C)nc3c2=O)c2scc(C(=O)O)c2n1. The number of fused-ring (bicyclic) bond motifs is 2. The molecule has 1 aromatic carbocycles. The smallest absolute Gasteiger partial charge is 0.418 e. The number of halogens is 4. The van der Waals surface area contributed by atoms with E-state index in [0.717, 1.165) is 6.07 Å². The third-order valence-electron chi connectivity index (χ3n) is 7.39. The van der Waals surface area contributed by atoms with Gasteiger partial charge in [0.1, 0.15) is 18.2 Å². The van der Waals surface area contributed by atoms with Crippen LogP contribution in [0.2, 0.25) is 5.02 Å². The number of benzene rings is 1. The van der Waals surface area contributed by atoms with Crippen LogP contribution < -0.4 is 10.3 Å². The third kappa shape index (κ3) is 5.67. The Morgan fingerprint density at radius 3 is 2.52 bits per heavy atom. The van der Waals surface area contributed by atoms with Gasteiger partial charge in [-0.05, 0) is 62.7 Å². The lowest BCUT2D eigenvalue weighted by molar-refractivity contribution is -0.137. The summed E-state index contributed by atoms with van der Waals surface area (Å²) < 4.78 is 50.4. The molecule has 5 aromatic heterocycles. The van der Waals surface area contributed by atoms with Crippen molar-refractivity contribution in [3.8, 4) is 28.1 Å². The average Bonchev–Trinajstić information content (AvgIpc) is 3.42. The zero-order valence-electron chi connectivity index (χ0n) is 24.4. The number of aryl methyl sites for hydroxylation is 3. The van der Waals surface area contributed by atoms with Gasteiger partial charge < -0.3 is 9.84 Å². The number of rotatable bonds is 7. The Bertz CT molecular complexity index is 2250. The van der Waals surface area contributed by atoms with Crippen LogP contribution in [0.25, 0.3) is 43.6 Å². The van der Waals surface area contributed by atoms with Gasteiger partial charge in [0.05, 0.1) is 39.1 Å². The van der Waals surface area contributed by atoms with Gasteiger partial charge in [0.2, 0.25) is 0 Å². The fourth-order valence-electron chi connectivity index (χ4n) is 5.25. The first-order chi connectivity index (χ1) is 21.8. The molecule has 0 aliphatic carbocycles. The number of thiophene rings is 1. The van der Waals surface area contributed by atoms with Gasteiger partial charge in [-0.2, -0.15) is 13.2 Å². The molecule has 6 rings (SSSR count). The number of aromatic nitrogens is 5. The van der Waals surface area contributed by atoms with Crippen molar-refractivity contribution in [1.29, 1.82) is 0 Å². The fourth-order valence-corrected chi connectivity index (χ4v) is 6.44. The van der Waals surface area contributed by atoms with Gasteiger partial charge in [-0.3, -0.25) is 19.3 Å². The minimum atomic E-state index is -4.74. The molecule has 14 heteroatoms. The largest absolute Gasteiger partial charge is 0.491 e. The first kappa shape index (κ1) is 31.1. The lowest BCUT2D eigenvalue weighted by Gasteiger charge is -2.17. The number of hydrogen-bond donors (Lipinski definition) is 1. The Labute approximate surface area is 267 Å². The minimum Gasteiger partial charge on any atom is -0.491 e. The third-order valence-corrected chi connectivity index (χ3v) is 8.63. The molecule has 0 amide bonds. The van der Waals surface area contributed by atoms with Crippen LogP contribution in [0.3, 0.4) is 0 Å². The van der Waals surface area contributed by atoms with E-state index >= 15 is 0 Å². The maximum atomic E-state index is 14.1. The molecule has 6 aromatic rings. The van der Waals surface area contributed by atoms with Gasteiger partial charge in [-0.25, -0.2) is 14.8 Å². The Morgan fingerprint density at radius 1 is 1.02 bits per heavy atom. The monoisotopic (exact) mass is 665 g/mol. The molecule has 0 atom stereocenters. The van der Waals surface area contributed by atoms with Crippen LogP contribution in [-0.4, -0.2) is 42.2 Å². The highest BCUT2D eigenvalue weighted by atomic mass is 35.5. The average molecular weight is 666 g/mol. The summed E-state index contributed by atoms with van der Waals surface area (Å²) in [4.78, 5) is 42.3. The molecule has 5 heterocycles. The lowest BCUT2D eigenvalue weighted by Crippen LogP contribution is -2.27. The van der Waals surface area contributed by atoms with Crippen LogP contribution in [0.4, 0.5) is 13.2 Å². The van der Waals surface area contributed by atoms with Gasteiger partial charge in [-0.15, -0.1) is 11.3 Å². The van der Waals surface area contributed by atoms with Crippen LogP contribution in [0.5, 0.6) is 5.75 Å². The molecule has 0 fully saturated rings. The second-order valence-electron chi connectivity index (χ2n) is 10.5. The van der Waals surface area contributed by atoms with Crippen molar-refractivity contribution in [2.24, 2.45) is 0 Å². The molecule has 1 N–H and O–H groups in total. The molecule has 0 aliphatic rings. The van der Waals surface area contributed by atoms with E-state index in [-0.39, 0.29) is 46.8 Å². The van der Waals surface area contributed by atoms with Gasteiger partial charge >= 0.3 is 12.1 Å². The number of pyridine rings is 3. The normalized spacial score (nSPS) is 11.8. The Hall–Kier alpha value is -4.88. The second-order valence-corrected chi connectivity index (χ2v) is 11.8. The van der Waals surface area contributed by atoms with Crippen molar-refractivity contribution in [2.45, 2.75) is 33.5 Å². The maximum absolute atomic E-state index is 14.1. The van der Waals surface area contributed by atoms with Crippen LogP contribution >= 0.6 is 22.9 Å². The van der Waals surface area contributed by atoms with Crippen LogP contribution in [-0.2, 0) is 12.7 Å². The number of aromatic carboxylic acids is 1. The summed E-state index contributed by atoms with van der Waals surface area (Å²) in [6.45, 7) is 4.89. The van der Waals surface area contributed by atoms with E-state index in [0.29, 0.717) is 43.4 Å². The topological polar surface area (TPSA) is 120 Å². The molecule has 0 radical (unpaired) electrons. The quantitative estimate of drug-likeness (QED) is 0.186. The van der Waals surface area contributed by atoms with Crippen molar-refractivity contribution in [1.82, 2.24) is 24.5 Å². The molecule has 0 spiro atoms. The van der Waals surface area contributed by atoms with E-state index in [1.807, 2.05) is 6.07 Å². The molecule has 0 bridgehead atoms. The molecule has 0 aliphatic heterocycles. The first-order valence-electron chi connectivity index (χ1n) is 13.8. The highest BCUT2D eigenvalue weighted by Crippen LogP contribution is 2.41. The number of hydrogen-bond acceptors (Lipinski definition) is 8. The molecule has 234 valence electrons. The second kappa shape index (κ2) is 11.8. The van der Waals surface area contributed by atoms with Crippen LogP contribution in [0, 0.1) is 20.8 Å². The van der Waals surface area contributed by atoms with Gasteiger partial charge in [0.25, 0.3) is 5.56 Å². The molecular formula is C32H23ClF3N5O4S. The summed E-state index contributed by atoms with van der Waals surface area (Å²) >= 11 is 7.59. The molecule has 0 saturated carbocycles. The Balaban J connectivity index is 1.37. The number of carboxylic acid groups (broad SMARTS) is 1. The van der Waals surface area contributed by atoms with Crippen LogP contribution in [0.1, 0.15) is 33.0 Å². The fraction of sp³-hybridized carbons (Fsp3) is 0.188. The Kier molecular flexibility index (Phi) is 7.99. The summed E-state index contributed by atoms with van der Waals surface area (Å²) in [5.41, 5.74) is 0.617. The molecule has 46 heavy (non-hydrogen) atoms. The first-order valence-corrected chi connectivity index (χ1v) is 15.0. The lowest BCUT2D eigenvalue weighted by atomic mass is 10.0. The Morgan fingerprint density at radius 2 is 1.80 bits per heavy atom. The van der Waals surface area contributed by atoms with Crippen molar-refractivity contribution in [3.63, 3.8) is 0 Å². The number of ether oxygens (including phenoxy) is 1. The van der Waals surface area contributed by atoms with Crippen molar-refractivity contribution < 1.29 is 27.8 Å². The molecule has 9 nitrogen and oxygen atoms in total. The van der Waals surface area contributed by atoms with Crippen LogP contribution in [0.15, 0.2) is 59.0 Å². The van der Waals surface area contributed by atoms with E-state index in [4.69, 9.17) is 16.3 Å². The highest BCUT2D eigenvalue weighted by Gasteiger charge is 2.36. The van der Waals surface area contributed by atoms with E-state index in [1.165, 1.54) is 46.7 Å². The number of alkyl halides is 3. The summed E-state index contributed by atoms with van der Waals surface area (Å²) in [5.74, 6) is -0.481. The van der Waals surface area contributed by atoms with E-state index in [9.17, 15) is 27.9 Å². The summed E-state index contributed by atoms with van der Waals surface area (Å²) in [5, 5.41) is 11.6. The van der Waals surface area contributed by atoms with Crippen molar-refractivity contribution in [3.05, 3.63) is 97.8 Å². The number of carbonyl (C=O) groups is 1. The number of nitrogens with zero attached hydrogens (tertiary/aromatic N) is 5. The van der Waals surface area contributed by atoms with E-state index in [2.05, 4.69) is 19.9 Å². The predicted octanol–water partition coefficient (Wildman–Crippen LogP) is 7.50. The zero-order chi connectivity index (χ0) is 32.9. The minimum absolute atomic E-state index is 0.00887.